The maximum atomic E-state index is 12.8. The van der Waals surface area contributed by atoms with E-state index in [1.165, 1.54) is 16.9 Å². The minimum atomic E-state index is -0.00501. The quantitative estimate of drug-likeness (QED) is 0.657. The van der Waals surface area contributed by atoms with Crippen LogP contribution in [-0.4, -0.2) is 52.1 Å². The molecule has 0 aromatic carbocycles. The summed E-state index contributed by atoms with van der Waals surface area (Å²) in [6.45, 7) is 0.953. The van der Waals surface area contributed by atoms with Crippen LogP contribution < -0.4 is 5.32 Å². The van der Waals surface area contributed by atoms with E-state index in [4.69, 9.17) is 0 Å². The zero-order valence-electron chi connectivity index (χ0n) is 17.4. The molecule has 0 atom stereocenters. The van der Waals surface area contributed by atoms with Gasteiger partial charge in [0.2, 0.25) is 5.91 Å². The number of carbonyl (C=O) groups excluding carboxylic acids is 2. The molecule has 0 bridgehead atoms. The van der Waals surface area contributed by atoms with Gasteiger partial charge in [-0.25, -0.2) is 4.98 Å². The van der Waals surface area contributed by atoms with Gasteiger partial charge in [0, 0.05) is 44.6 Å². The SMILES string of the molecule is CN(C)C(=O)c1sc2ncccc2c1C1CCC(CNC(=O)Cn2cccn2)CC1. The van der Waals surface area contributed by atoms with Gasteiger partial charge in [-0.15, -0.1) is 11.3 Å². The first-order valence-electron chi connectivity index (χ1n) is 10.4. The van der Waals surface area contributed by atoms with Crippen molar-refractivity contribution in [1.82, 2.24) is 25.0 Å². The standard InChI is InChI=1S/C22H27N5O2S/c1-26(2)22(29)20-19(17-5-3-10-23-21(17)30-20)16-8-6-15(7-9-16)13-24-18(28)14-27-12-4-11-25-27/h3-5,10-12,15-16H,6-9,13-14H2,1-2H3,(H,24,28). The number of nitrogens with one attached hydrogen (secondary N) is 1. The second kappa shape index (κ2) is 8.95. The molecule has 1 aliphatic rings. The highest BCUT2D eigenvalue weighted by Gasteiger charge is 2.30. The van der Waals surface area contributed by atoms with Crippen LogP contribution in [0.5, 0.6) is 0 Å². The van der Waals surface area contributed by atoms with Gasteiger partial charge >= 0.3 is 0 Å². The predicted octanol–water partition coefficient (Wildman–Crippen LogP) is 3.28. The summed E-state index contributed by atoms with van der Waals surface area (Å²) in [6.07, 6.45) is 9.38. The second-order valence-corrected chi connectivity index (χ2v) is 9.12. The molecule has 3 aromatic heterocycles. The first kappa shape index (κ1) is 20.5. The number of thiophene rings is 1. The maximum absolute atomic E-state index is 12.8. The third kappa shape index (κ3) is 4.38. The number of amides is 2. The Kier molecular flexibility index (Phi) is 6.13. The van der Waals surface area contributed by atoms with Gasteiger partial charge in [0.25, 0.3) is 5.91 Å². The van der Waals surface area contributed by atoms with Crippen molar-refractivity contribution in [3.05, 3.63) is 47.2 Å². The lowest BCUT2D eigenvalue weighted by Gasteiger charge is -2.29. The Bertz CT molecular complexity index is 1020. The number of aromatic nitrogens is 3. The molecule has 0 radical (unpaired) electrons. The van der Waals surface area contributed by atoms with Gasteiger partial charge < -0.3 is 10.2 Å². The summed E-state index contributed by atoms with van der Waals surface area (Å²) in [5.74, 6) is 0.882. The summed E-state index contributed by atoms with van der Waals surface area (Å²) in [4.78, 5) is 32.8. The average molecular weight is 426 g/mol. The van der Waals surface area contributed by atoms with E-state index in [1.807, 2.05) is 12.1 Å². The number of nitrogens with zero attached hydrogens (tertiary/aromatic N) is 4. The molecule has 1 fully saturated rings. The molecule has 1 N–H and O–H groups in total. The van der Waals surface area contributed by atoms with Crippen molar-refractivity contribution in [2.24, 2.45) is 5.92 Å². The van der Waals surface area contributed by atoms with Crippen LogP contribution >= 0.6 is 11.3 Å². The van der Waals surface area contributed by atoms with Gasteiger partial charge in [-0.2, -0.15) is 5.10 Å². The molecule has 7 nitrogen and oxygen atoms in total. The number of pyridine rings is 1. The van der Waals surface area contributed by atoms with Gasteiger partial charge in [-0.05, 0) is 55.2 Å². The number of carbonyl (C=O) groups is 2. The first-order valence-corrected chi connectivity index (χ1v) is 11.2. The first-order chi connectivity index (χ1) is 14.5. The van der Waals surface area contributed by atoms with Gasteiger partial charge in [0.05, 0.1) is 4.88 Å². The van der Waals surface area contributed by atoms with E-state index >= 15 is 0 Å². The normalized spacial score (nSPS) is 19.0. The monoisotopic (exact) mass is 425 g/mol. The molecule has 2 amide bonds. The van der Waals surface area contributed by atoms with Crippen LogP contribution in [0, 0.1) is 5.92 Å². The smallest absolute Gasteiger partial charge is 0.263 e. The van der Waals surface area contributed by atoms with Gasteiger partial charge in [-0.1, -0.05) is 6.07 Å². The third-order valence-corrected chi connectivity index (χ3v) is 6.93. The van der Waals surface area contributed by atoms with Crippen LogP contribution in [0.25, 0.3) is 10.2 Å². The van der Waals surface area contributed by atoms with Crippen molar-refractivity contribution in [1.29, 1.82) is 0 Å². The lowest BCUT2D eigenvalue weighted by Crippen LogP contribution is -2.33. The molecule has 30 heavy (non-hydrogen) atoms. The van der Waals surface area contributed by atoms with Crippen LogP contribution in [0.2, 0.25) is 0 Å². The molecule has 158 valence electrons. The Labute approximate surface area is 180 Å². The lowest BCUT2D eigenvalue weighted by atomic mass is 9.78. The van der Waals surface area contributed by atoms with Gasteiger partial charge in [-0.3, -0.25) is 14.3 Å². The lowest BCUT2D eigenvalue weighted by molar-refractivity contribution is -0.122. The fourth-order valence-corrected chi connectivity index (χ4v) is 5.48. The average Bonchev–Trinajstić information content (AvgIpc) is 3.39. The maximum Gasteiger partial charge on any atom is 0.263 e. The summed E-state index contributed by atoms with van der Waals surface area (Å²) in [5, 5.41) is 8.23. The van der Waals surface area contributed by atoms with Crippen LogP contribution in [0.1, 0.15) is 46.8 Å². The molecule has 1 saturated carbocycles. The molecular formula is C22H27N5O2S. The highest BCUT2D eigenvalue weighted by Crippen LogP contribution is 2.43. The molecule has 0 saturated heterocycles. The minimum absolute atomic E-state index is 0.00501. The zero-order chi connectivity index (χ0) is 21.1. The van der Waals surface area contributed by atoms with Gasteiger partial charge in [0.15, 0.2) is 0 Å². The third-order valence-electron chi connectivity index (χ3n) is 5.81. The zero-order valence-corrected chi connectivity index (χ0v) is 18.2. The Morgan fingerprint density at radius 2 is 2.00 bits per heavy atom. The largest absolute Gasteiger partial charge is 0.354 e. The number of hydrogen-bond acceptors (Lipinski definition) is 5. The van der Waals surface area contributed by atoms with Crippen molar-refractivity contribution in [2.75, 3.05) is 20.6 Å². The topological polar surface area (TPSA) is 80.1 Å². The van der Waals surface area contributed by atoms with E-state index in [0.29, 0.717) is 18.4 Å². The highest BCUT2D eigenvalue weighted by molar-refractivity contribution is 7.20. The molecule has 3 aromatic rings. The van der Waals surface area contributed by atoms with Crippen LogP contribution in [-0.2, 0) is 11.3 Å². The molecule has 0 aliphatic heterocycles. The summed E-state index contributed by atoms with van der Waals surface area (Å²) >= 11 is 1.50. The molecule has 4 rings (SSSR count). The molecular weight excluding hydrogens is 398 g/mol. The van der Waals surface area contributed by atoms with Crippen molar-refractivity contribution >= 4 is 33.4 Å². The van der Waals surface area contributed by atoms with E-state index in [0.717, 1.165) is 40.8 Å². The van der Waals surface area contributed by atoms with E-state index < -0.39 is 0 Å². The van der Waals surface area contributed by atoms with Crippen LogP contribution in [0.3, 0.4) is 0 Å². The summed E-state index contributed by atoms with van der Waals surface area (Å²) in [5.41, 5.74) is 1.17. The summed E-state index contributed by atoms with van der Waals surface area (Å²) in [7, 11) is 3.60. The summed E-state index contributed by atoms with van der Waals surface area (Å²) < 4.78 is 1.63. The Morgan fingerprint density at radius 1 is 1.20 bits per heavy atom. The molecule has 0 spiro atoms. The Morgan fingerprint density at radius 3 is 2.70 bits per heavy atom. The van der Waals surface area contributed by atoms with E-state index in [1.54, 1.807) is 42.3 Å². The minimum Gasteiger partial charge on any atom is -0.354 e. The van der Waals surface area contributed by atoms with Crippen LogP contribution in [0.15, 0.2) is 36.8 Å². The molecule has 0 unspecified atom stereocenters. The second-order valence-electron chi connectivity index (χ2n) is 8.13. The number of rotatable bonds is 6. The van der Waals surface area contributed by atoms with Crippen LogP contribution in [0.4, 0.5) is 0 Å². The van der Waals surface area contributed by atoms with E-state index in [-0.39, 0.29) is 18.4 Å². The highest BCUT2D eigenvalue weighted by atomic mass is 32.1. The number of hydrogen-bond donors (Lipinski definition) is 1. The predicted molar refractivity (Wildman–Crippen MR) is 118 cm³/mol. The molecule has 3 heterocycles. The fraction of sp³-hybridized carbons (Fsp3) is 0.455. The Balaban J connectivity index is 1.40. The van der Waals surface area contributed by atoms with Crippen molar-refractivity contribution in [3.8, 4) is 0 Å². The molecule has 1 aliphatic carbocycles. The van der Waals surface area contributed by atoms with E-state index in [2.05, 4.69) is 21.5 Å². The van der Waals surface area contributed by atoms with Crippen molar-refractivity contribution in [2.45, 2.75) is 38.1 Å². The fourth-order valence-electron chi connectivity index (χ4n) is 4.23. The molecule has 8 heteroatoms. The van der Waals surface area contributed by atoms with Crippen molar-refractivity contribution in [3.63, 3.8) is 0 Å². The number of fused-ring (bicyclic) bond motifs is 1. The van der Waals surface area contributed by atoms with Crippen molar-refractivity contribution < 1.29 is 9.59 Å². The van der Waals surface area contributed by atoms with E-state index in [9.17, 15) is 9.59 Å². The Hall–Kier alpha value is -2.74. The summed E-state index contributed by atoms with van der Waals surface area (Å²) in [6, 6.07) is 5.85. The van der Waals surface area contributed by atoms with Gasteiger partial charge in [0.1, 0.15) is 11.4 Å².